The number of nitrogens with one attached hydrogen (secondary N) is 1. The van der Waals surface area contributed by atoms with Crippen LogP contribution in [0.2, 0.25) is 0 Å². The third-order valence-electron chi connectivity index (χ3n) is 5.38. The topological polar surface area (TPSA) is 208 Å². The summed E-state index contributed by atoms with van der Waals surface area (Å²) >= 11 is 2.17. The van der Waals surface area contributed by atoms with Gasteiger partial charge in [0.2, 0.25) is 6.61 Å². The molecule has 13 nitrogen and oxygen atoms in total. The molecule has 1 fully saturated rings. The standard InChI is InChI=1S/C23H18N6O7S2/c24-7-12-4-2-1-3-11(12)5-6-15-13(22(34)35)9-37-21-18(20(33)29(15)21)27-19(32)17(28-36-8-16(30)31)14-10-38-23(25)26-14/h1-6,10,18,21H,8-9H2,(H2,25,26)(H,27,32)(H,30,31)(H,34,35)/t18?,21-/m1/s1. The van der Waals surface area contributed by atoms with Crippen molar-refractivity contribution < 1.29 is 34.2 Å². The largest absolute Gasteiger partial charge is 0.479 e. The molecule has 0 spiro atoms. The number of oxime groups is 1. The van der Waals surface area contributed by atoms with E-state index in [4.69, 9.17) is 15.7 Å². The maximum Gasteiger partial charge on any atom is 0.344 e. The number of rotatable bonds is 9. The number of amides is 2. The summed E-state index contributed by atoms with van der Waals surface area (Å²) in [6.07, 6.45) is 3.02. The molecule has 2 atom stereocenters. The van der Waals surface area contributed by atoms with Crippen molar-refractivity contribution in [2.24, 2.45) is 5.16 Å². The fraction of sp³-hybridized carbons (Fsp3) is 0.174. The van der Waals surface area contributed by atoms with Crippen molar-refractivity contribution in [3.8, 4) is 6.07 Å². The van der Waals surface area contributed by atoms with Gasteiger partial charge in [-0.05, 0) is 17.7 Å². The van der Waals surface area contributed by atoms with E-state index >= 15 is 0 Å². The highest BCUT2D eigenvalue weighted by Gasteiger charge is 2.53. The molecule has 1 unspecified atom stereocenters. The lowest BCUT2D eigenvalue weighted by Gasteiger charge is -2.49. The maximum absolute atomic E-state index is 13.1. The molecule has 1 aromatic carbocycles. The second-order valence-corrected chi connectivity index (χ2v) is 9.74. The number of carbonyl (C=O) groups is 4. The Bertz CT molecular complexity index is 1460. The summed E-state index contributed by atoms with van der Waals surface area (Å²) in [5.41, 5.74) is 6.35. The van der Waals surface area contributed by atoms with Gasteiger partial charge in [-0.2, -0.15) is 5.26 Å². The first-order valence-electron chi connectivity index (χ1n) is 10.7. The van der Waals surface area contributed by atoms with Crippen LogP contribution >= 0.6 is 23.1 Å². The molecule has 2 aliphatic rings. The van der Waals surface area contributed by atoms with Gasteiger partial charge in [0.05, 0.1) is 22.9 Å². The van der Waals surface area contributed by atoms with Crippen LogP contribution in [0, 0.1) is 11.3 Å². The number of carboxylic acids is 2. The van der Waals surface area contributed by atoms with Gasteiger partial charge in [0.1, 0.15) is 17.1 Å². The number of hydrogen-bond donors (Lipinski definition) is 4. The van der Waals surface area contributed by atoms with Crippen LogP contribution in [0.5, 0.6) is 0 Å². The molecule has 15 heteroatoms. The van der Waals surface area contributed by atoms with E-state index in [9.17, 15) is 29.5 Å². The number of thioether (sulfide) groups is 1. The highest BCUT2D eigenvalue weighted by Crippen LogP contribution is 2.41. The van der Waals surface area contributed by atoms with Crippen LogP contribution in [0.15, 0.2) is 52.1 Å². The third-order valence-corrected chi connectivity index (χ3v) is 7.33. The molecule has 0 bridgehead atoms. The van der Waals surface area contributed by atoms with Crippen LogP contribution in [0.25, 0.3) is 6.08 Å². The zero-order valence-corrected chi connectivity index (χ0v) is 20.9. The predicted molar refractivity (Wildman–Crippen MR) is 137 cm³/mol. The molecule has 2 aromatic rings. The van der Waals surface area contributed by atoms with Crippen molar-refractivity contribution in [1.29, 1.82) is 5.26 Å². The van der Waals surface area contributed by atoms with Crippen LogP contribution in [-0.2, 0) is 24.0 Å². The number of nitriles is 1. The molecule has 1 saturated heterocycles. The van der Waals surface area contributed by atoms with E-state index in [1.807, 2.05) is 0 Å². The predicted octanol–water partition coefficient (Wildman–Crippen LogP) is 0.854. The van der Waals surface area contributed by atoms with Crippen LogP contribution < -0.4 is 11.1 Å². The lowest BCUT2D eigenvalue weighted by atomic mass is 10.0. The van der Waals surface area contributed by atoms with Crippen molar-refractivity contribution in [2.75, 3.05) is 18.1 Å². The van der Waals surface area contributed by atoms with Crippen LogP contribution in [0.3, 0.4) is 0 Å². The zero-order chi connectivity index (χ0) is 27.4. The van der Waals surface area contributed by atoms with E-state index in [2.05, 4.69) is 21.5 Å². The Morgan fingerprint density at radius 2 is 2.08 bits per heavy atom. The molecule has 194 valence electrons. The number of anilines is 1. The van der Waals surface area contributed by atoms with Gasteiger partial charge in [-0.15, -0.1) is 23.1 Å². The number of aromatic nitrogens is 1. The number of allylic oxidation sites excluding steroid dienone is 1. The Morgan fingerprint density at radius 3 is 2.74 bits per heavy atom. The molecular formula is C23H18N6O7S2. The fourth-order valence-corrected chi connectivity index (χ4v) is 5.54. The summed E-state index contributed by atoms with van der Waals surface area (Å²) in [6, 6.07) is 7.74. The molecule has 0 saturated carbocycles. The molecular weight excluding hydrogens is 536 g/mol. The van der Waals surface area contributed by atoms with E-state index in [0.717, 1.165) is 23.1 Å². The SMILES string of the molecule is N#Cc1ccccc1C=CC1=C(C(=O)O)CS[C@@H]2C(NC(=O)C(=NOCC(=O)O)c3csc(N)n3)C(=O)N12. The van der Waals surface area contributed by atoms with Crippen molar-refractivity contribution in [3.05, 3.63) is 63.8 Å². The highest BCUT2D eigenvalue weighted by atomic mass is 32.2. The minimum Gasteiger partial charge on any atom is -0.479 e. The van der Waals surface area contributed by atoms with Crippen LogP contribution in [-0.4, -0.2) is 73.3 Å². The minimum atomic E-state index is -1.31. The van der Waals surface area contributed by atoms with Gasteiger partial charge in [0.25, 0.3) is 11.8 Å². The summed E-state index contributed by atoms with van der Waals surface area (Å²) in [5, 5.41) is 34.8. The van der Waals surface area contributed by atoms with Gasteiger partial charge in [-0.1, -0.05) is 29.4 Å². The van der Waals surface area contributed by atoms with Crippen molar-refractivity contribution in [1.82, 2.24) is 15.2 Å². The van der Waals surface area contributed by atoms with E-state index < -0.39 is 41.8 Å². The summed E-state index contributed by atoms with van der Waals surface area (Å²) in [5.74, 6) is -3.87. The van der Waals surface area contributed by atoms with Gasteiger partial charge >= 0.3 is 11.9 Å². The first kappa shape index (κ1) is 26.4. The second kappa shape index (κ2) is 11.2. The molecule has 3 heterocycles. The average molecular weight is 555 g/mol. The minimum absolute atomic E-state index is 0.00247. The summed E-state index contributed by atoms with van der Waals surface area (Å²) in [6.45, 7) is -0.807. The monoisotopic (exact) mass is 554 g/mol. The number of thiazole rings is 1. The Balaban J connectivity index is 1.57. The normalized spacial score (nSPS) is 19.0. The van der Waals surface area contributed by atoms with Gasteiger partial charge in [0, 0.05) is 11.1 Å². The van der Waals surface area contributed by atoms with E-state index in [-0.39, 0.29) is 33.6 Å². The van der Waals surface area contributed by atoms with Crippen molar-refractivity contribution >= 4 is 63.8 Å². The van der Waals surface area contributed by atoms with E-state index in [1.165, 1.54) is 16.4 Å². The molecule has 1 aromatic heterocycles. The van der Waals surface area contributed by atoms with Crippen molar-refractivity contribution in [3.63, 3.8) is 0 Å². The number of fused-ring (bicyclic) bond motifs is 1. The molecule has 2 aliphatic heterocycles. The summed E-state index contributed by atoms with van der Waals surface area (Å²) in [4.78, 5) is 58.7. The number of carbonyl (C=O) groups excluding carboxylic acids is 2. The number of nitrogen functional groups attached to an aromatic ring is 1. The summed E-state index contributed by atoms with van der Waals surface area (Å²) in [7, 11) is 0. The Kier molecular flexibility index (Phi) is 7.74. The molecule has 2 amide bonds. The molecule has 0 aliphatic carbocycles. The molecule has 4 rings (SSSR count). The number of benzene rings is 1. The lowest BCUT2D eigenvalue weighted by molar-refractivity contribution is -0.144. The first-order valence-corrected chi connectivity index (χ1v) is 12.7. The molecule has 5 N–H and O–H groups in total. The van der Waals surface area contributed by atoms with E-state index in [0.29, 0.717) is 11.1 Å². The smallest absolute Gasteiger partial charge is 0.344 e. The Labute approximate surface area is 222 Å². The Morgan fingerprint density at radius 1 is 1.32 bits per heavy atom. The summed E-state index contributed by atoms with van der Waals surface area (Å²) < 4.78 is 0. The van der Waals surface area contributed by atoms with Crippen molar-refractivity contribution in [2.45, 2.75) is 11.4 Å². The number of carboxylic acid groups (broad SMARTS) is 2. The molecule has 38 heavy (non-hydrogen) atoms. The van der Waals surface area contributed by atoms with Gasteiger partial charge in [-0.3, -0.25) is 14.5 Å². The number of nitrogens with two attached hydrogens (primary N) is 1. The lowest BCUT2D eigenvalue weighted by Crippen LogP contribution is -2.70. The first-order chi connectivity index (χ1) is 18.2. The van der Waals surface area contributed by atoms with E-state index in [1.54, 1.807) is 30.3 Å². The number of hydrogen-bond acceptors (Lipinski definition) is 11. The quantitative estimate of drug-likeness (QED) is 0.194. The van der Waals surface area contributed by atoms with Gasteiger partial charge < -0.3 is 26.1 Å². The zero-order valence-electron chi connectivity index (χ0n) is 19.2. The van der Waals surface area contributed by atoms with Gasteiger partial charge in [-0.25, -0.2) is 14.6 Å². The number of nitrogens with zero attached hydrogens (tertiary/aromatic N) is 4. The number of β-lactam (4-membered cyclic amide) rings is 1. The third kappa shape index (κ3) is 5.36. The van der Waals surface area contributed by atoms with Gasteiger partial charge in [0.15, 0.2) is 10.8 Å². The van der Waals surface area contributed by atoms with Crippen LogP contribution in [0.1, 0.15) is 16.8 Å². The number of aliphatic carboxylic acids is 2. The maximum atomic E-state index is 13.1. The Hall–Kier alpha value is -4.68. The average Bonchev–Trinajstić information content (AvgIpc) is 3.33. The second-order valence-electron chi connectivity index (χ2n) is 7.74. The fourth-order valence-electron chi connectivity index (χ4n) is 3.64. The molecule has 0 radical (unpaired) electrons. The highest BCUT2D eigenvalue weighted by molar-refractivity contribution is 8.00. The van der Waals surface area contributed by atoms with Crippen LogP contribution in [0.4, 0.5) is 5.13 Å².